The largest absolute Gasteiger partial charge is 0.380 e. The lowest BCUT2D eigenvalue weighted by Crippen LogP contribution is -2.10. The molecule has 2 aromatic rings. The van der Waals surface area contributed by atoms with E-state index in [0.29, 0.717) is 12.2 Å². The van der Waals surface area contributed by atoms with Crippen LogP contribution >= 0.6 is 0 Å². The Kier molecular flexibility index (Phi) is 4.81. The molecule has 0 saturated carbocycles. The molecule has 2 rings (SSSR count). The summed E-state index contributed by atoms with van der Waals surface area (Å²) in [7, 11) is 4.00. The summed E-state index contributed by atoms with van der Waals surface area (Å²) in [6.07, 6.45) is 0. The monoisotopic (exact) mass is 300 g/mol. The van der Waals surface area contributed by atoms with Gasteiger partial charge in [0.15, 0.2) is 5.78 Å². The molecule has 0 fully saturated rings. The third-order valence-corrected chi connectivity index (χ3v) is 3.68. The van der Waals surface area contributed by atoms with E-state index in [4.69, 9.17) is 0 Å². The zero-order chi connectivity index (χ0) is 16.3. The number of anilines is 2. The third kappa shape index (κ3) is 3.45. The molecule has 4 heteroatoms. The van der Waals surface area contributed by atoms with Gasteiger partial charge in [0.1, 0.15) is 5.82 Å². The molecule has 1 N–H and O–H groups in total. The predicted octanol–water partition coefficient (Wildman–Crippen LogP) is 4.01. The molecule has 0 aliphatic rings. The van der Waals surface area contributed by atoms with Crippen LogP contribution < -0.4 is 10.2 Å². The van der Waals surface area contributed by atoms with E-state index in [1.165, 1.54) is 13.0 Å². The maximum Gasteiger partial charge on any atom is 0.164 e. The molecule has 3 nitrogen and oxygen atoms in total. The van der Waals surface area contributed by atoms with Gasteiger partial charge in [-0.15, -0.1) is 0 Å². The lowest BCUT2D eigenvalue weighted by atomic mass is 10.1. The first-order valence-electron chi connectivity index (χ1n) is 7.20. The van der Waals surface area contributed by atoms with Gasteiger partial charge in [0.25, 0.3) is 0 Å². The third-order valence-electron chi connectivity index (χ3n) is 3.68. The van der Waals surface area contributed by atoms with Crippen molar-refractivity contribution in [3.63, 3.8) is 0 Å². The maximum absolute atomic E-state index is 13.8. The molecular formula is C18H21FN2O. The van der Waals surface area contributed by atoms with Crippen LogP contribution in [0.25, 0.3) is 0 Å². The molecule has 0 saturated heterocycles. The van der Waals surface area contributed by atoms with E-state index >= 15 is 0 Å². The Morgan fingerprint density at radius 2 is 1.95 bits per heavy atom. The van der Waals surface area contributed by atoms with Gasteiger partial charge in [-0.05, 0) is 49.2 Å². The minimum Gasteiger partial charge on any atom is -0.380 e. The standard InChI is InChI=1S/C18H21FN2O/c1-12-10-15(21(3)4)9-8-14(12)11-20-17-7-5-6-16(19)18(17)13(2)22/h5-10,20H,11H2,1-4H3. The van der Waals surface area contributed by atoms with Crippen molar-refractivity contribution in [3.05, 3.63) is 58.9 Å². The number of carbonyl (C=O) groups is 1. The fourth-order valence-electron chi connectivity index (χ4n) is 2.38. The van der Waals surface area contributed by atoms with Gasteiger partial charge in [-0.3, -0.25) is 4.79 Å². The highest BCUT2D eigenvalue weighted by Gasteiger charge is 2.12. The van der Waals surface area contributed by atoms with Crippen LogP contribution in [0.1, 0.15) is 28.4 Å². The van der Waals surface area contributed by atoms with E-state index in [1.54, 1.807) is 12.1 Å². The number of hydrogen-bond acceptors (Lipinski definition) is 3. The fourth-order valence-corrected chi connectivity index (χ4v) is 2.38. The second kappa shape index (κ2) is 6.60. The van der Waals surface area contributed by atoms with Gasteiger partial charge in [0, 0.05) is 32.0 Å². The topological polar surface area (TPSA) is 32.3 Å². The van der Waals surface area contributed by atoms with Crippen LogP contribution in [0.5, 0.6) is 0 Å². The van der Waals surface area contributed by atoms with Crippen LogP contribution in [0.15, 0.2) is 36.4 Å². The van der Waals surface area contributed by atoms with Gasteiger partial charge >= 0.3 is 0 Å². The Morgan fingerprint density at radius 3 is 2.55 bits per heavy atom. The second-order valence-electron chi connectivity index (χ2n) is 5.58. The molecule has 0 radical (unpaired) electrons. The van der Waals surface area contributed by atoms with Crippen molar-refractivity contribution < 1.29 is 9.18 Å². The summed E-state index contributed by atoms with van der Waals surface area (Å²) in [5.74, 6) is -0.766. The van der Waals surface area contributed by atoms with E-state index < -0.39 is 5.82 Å². The smallest absolute Gasteiger partial charge is 0.164 e. The summed E-state index contributed by atoms with van der Waals surface area (Å²) in [6, 6.07) is 10.8. The average Bonchev–Trinajstić information content (AvgIpc) is 2.45. The molecule has 0 unspecified atom stereocenters. The Morgan fingerprint density at radius 1 is 1.23 bits per heavy atom. The van der Waals surface area contributed by atoms with Crippen molar-refractivity contribution in [2.75, 3.05) is 24.3 Å². The highest BCUT2D eigenvalue weighted by molar-refractivity contribution is 5.99. The molecule has 2 aromatic carbocycles. The number of nitrogens with one attached hydrogen (secondary N) is 1. The first-order chi connectivity index (χ1) is 10.4. The second-order valence-corrected chi connectivity index (χ2v) is 5.58. The summed E-state index contributed by atoms with van der Waals surface area (Å²) in [4.78, 5) is 13.6. The zero-order valence-corrected chi connectivity index (χ0v) is 13.4. The molecule has 0 atom stereocenters. The quantitative estimate of drug-likeness (QED) is 0.847. The summed E-state index contributed by atoms with van der Waals surface area (Å²) >= 11 is 0. The van der Waals surface area contributed by atoms with E-state index in [9.17, 15) is 9.18 Å². The molecule has 116 valence electrons. The van der Waals surface area contributed by atoms with Crippen molar-refractivity contribution in [2.45, 2.75) is 20.4 Å². The van der Waals surface area contributed by atoms with Gasteiger partial charge in [-0.25, -0.2) is 4.39 Å². The Bertz CT molecular complexity index is 695. The molecule has 0 spiro atoms. The molecule has 0 aliphatic heterocycles. The highest BCUT2D eigenvalue weighted by Crippen LogP contribution is 2.22. The molecule has 0 bridgehead atoms. The van der Waals surface area contributed by atoms with Crippen molar-refractivity contribution in [1.82, 2.24) is 0 Å². The van der Waals surface area contributed by atoms with Crippen molar-refractivity contribution in [1.29, 1.82) is 0 Å². The van der Waals surface area contributed by atoms with Crippen LogP contribution in [0, 0.1) is 12.7 Å². The Hall–Kier alpha value is -2.36. The van der Waals surface area contributed by atoms with E-state index in [0.717, 1.165) is 16.8 Å². The van der Waals surface area contributed by atoms with Gasteiger partial charge in [0.05, 0.1) is 5.56 Å². The number of carbonyl (C=O) groups excluding carboxylic acids is 1. The Labute approximate surface area is 130 Å². The highest BCUT2D eigenvalue weighted by atomic mass is 19.1. The SMILES string of the molecule is CC(=O)c1c(F)cccc1NCc1ccc(N(C)C)cc1C. The molecule has 0 amide bonds. The molecule has 0 aromatic heterocycles. The zero-order valence-electron chi connectivity index (χ0n) is 13.4. The van der Waals surface area contributed by atoms with Crippen LogP contribution in [0.4, 0.5) is 15.8 Å². The fraction of sp³-hybridized carbons (Fsp3) is 0.278. The molecule has 22 heavy (non-hydrogen) atoms. The van der Waals surface area contributed by atoms with Crippen LogP contribution in [-0.2, 0) is 6.54 Å². The predicted molar refractivity (Wildman–Crippen MR) is 89.2 cm³/mol. The lowest BCUT2D eigenvalue weighted by molar-refractivity contribution is 0.101. The van der Waals surface area contributed by atoms with Gasteiger partial charge < -0.3 is 10.2 Å². The molecule has 0 aliphatic carbocycles. The first-order valence-corrected chi connectivity index (χ1v) is 7.20. The van der Waals surface area contributed by atoms with E-state index in [-0.39, 0.29) is 11.3 Å². The average molecular weight is 300 g/mol. The van der Waals surface area contributed by atoms with Gasteiger partial charge in [-0.2, -0.15) is 0 Å². The van der Waals surface area contributed by atoms with E-state index in [1.807, 2.05) is 38.1 Å². The lowest BCUT2D eigenvalue weighted by Gasteiger charge is -2.16. The number of ketones is 1. The first kappa shape index (κ1) is 16.0. The van der Waals surface area contributed by atoms with Crippen LogP contribution in [0.2, 0.25) is 0 Å². The number of hydrogen-bond donors (Lipinski definition) is 1. The number of benzene rings is 2. The van der Waals surface area contributed by atoms with Gasteiger partial charge in [-0.1, -0.05) is 12.1 Å². The minimum absolute atomic E-state index is 0.116. The summed E-state index contributed by atoms with van der Waals surface area (Å²) in [6.45, 7) is 3.96. The summed E-state index contributed by atoms with van der Waals surface area (Å²) in [5.41, 5.74) is 4.05. The number of Topliss-reactive ketones (excluding diaryl/α,β-unsaturated/α-hetero) is 1. The number of halogens is 1. The minimum atomic E-state index is -0.489. The van der Waals surface area contributed by atoms with E-state index in [2.05, 4.69) is 11.4 Å². The summed E-state index contributed by atoms with van der Waals surface area (Å²) < 4.78 is 13.8. The summed E-state index contributed by atoms with van der Waals surface area (Å²) in [5, 5.41) is 3.17. The number of rotatable bonds is 5. The Balaban J connectivity index is 2.21. The van der Waals surface area contributed by atoms with Crippen molar-refractivity contribution >= 4 is 17.2 Å². The molecular weight excluding hydrogens is 279 g/mol. The van der Waals surface area contributed by atoms with Crippen molar-refractivity contribution in [2.24, 2.45) is 0 Å². The van der Waals surface area contributed by atoms with Crippen LogP contribution in [-0.4, -0.2) is 19.9 Å². The maximum atomic E-state index is 13.8. The normalized spacial score (nSPS) is 10.4. The van der Waals surface area contributed by atoms with Crippen molar-refractivity contribution in [3.8, 4) is 0 Å². The molecule has 0 heterocycles. The number of nitrogens with zero attached hydrogens (tertiary/aromatic N) is 1. The number of aryl methyl sites for hydroxylation is 1. The van der Waals surface area contributed by atoms with Gasteiger partial charge in [0.2, 0.25) is 0 Å². The van der Waals surface area contributed by atoms with Crippen LogP contribution in [0.3, 0.4) is 0 Å².